The van der Waals surface area contributed by atoms with Gasteiger partial charge in [0, 0.05) is 30.2 Å². The molecule has 1 aromatic carbocycles. The van der Waals surface area contributed by atoms with Crippen LogP contribution in [0.3, 0.4) is 0 Å². The number of carboxylic acids is 1. The molecule has 2 aromatic heterocycles. The van der Waals surface area contributed by atoms with E-state index in [9.17, 15) is 14.4 Å². The zero-order valence-corrected chi connectivity index (χ0v) is 28.5. The number of benzene rings is 1. The third-order valence-electron chi connectivity index (χ3n) is 7.36. The Balaban J connectivity index is 1.41. The van der Waals surface area contributed by atoms with E-state index in [1.807, 2.05) is 39.8 Å². The molecule has 2 heterocycles. The highest BCUT2D eigenvalue weighted by molar-refractivity contribution is 6.04. The standard InChI is InChI=1S/C33H47N7O9/c1-21-17-22(19-23(18-21)48-16-15-46-12-11-45-13-14-47-20-26(41)42)36-29-27(28(34)43)30-35-9-10-40(30)31(39-29)37-24-7-5-6-8-25(24)38-32(44)49-33(2,3)4/h9-10,17-19,24-25,36H,5-8,11-16,20H2,1-4H3,(H2,34,43)(H,37,39)(H,38,44)(H,41,42)/t24-,25+/m0/s1. The zero-order chi connectivity index (χ0) is 35.4. The van der Waals surface area contributed by atoms with E-state index in [0.29, 0.717) is 42.9 Å². The first-order valence-corrected chi connectivity index (χ1v) is 16.3. The van der Waals surface area contributed by atoms with Gasteiger partial charge in [0.15, 0.2) is 11.5 Å². The molecule has 6 N–H and O–H groups in total. The number of carbonyl (C=O) groups is 3. The molecule has 3 aromatic rings. The Morgan fingerprint density at radius 2 is 1.65 bits per heavy atom. The van der Waals surface area contributed by atoms with Gasteiger partial charge in [-0.05, 0) is 58.2 Å². The molecule has 1 aliphatic rings. The molecule has 0 saturated heterocycles. The van der Waals surface area contributed by atoms with Crippen LogP contribution in [0.15, 0.2) is 30.6 Å². The number of nitrogens with two attached hydrogens (primary N) is 1. The number of aryl methyl sites for hydroxylation is 1. The largest absolute Gasteiger partial charge is 0.491 e. The summed E-state index contributed by atoms with van der Waals surface area (Å²) in [7, 11) is 0. The van der Waals surface area contributed by atoms with Gasteiger partial charge in [0.05, 0.1) is 39.1 Å². The van der Waals surface area contributed by atoms with E-state index in [2.05, 4.69) is 20.9 Å². The van der Waals surface area contributed by atoms with Crippen molar-refractivity contribution in [2.45, 2.75) is 71.1 Å². The Morgan fingerprint density at radius 3 is 2.33 bits per heavy atom. The summed E-state index contributed by atoms with van der Waals surface area (Å²) in [4.78, 5) is 45.0. The van der Waals surface area contributed by atoms with Gasteiger partial charge < -0.3 is 50.5 Å². The fourth-order valence-corrected chi connectivity index (χ4v) is 5.36. The van der Waals surface area contributed by atoms with Gasteiger partial charge in [-0.15, -0.1) is 0 Å². The van der Waals surface area contributed by atoms with Crippen LogP contribution in [0, 0.1) is 6.92 Å². The van der Waals surface area contributed by atoms with Crippen molar-refractivity contribution in [3.05, 3.63) is 41.7 Å². The van der Waals surface area contributed by atoms with E-state index in [-0.39, 0.29) is 49.9 Å². The lowest BCUT2D eigenvalue weighted by Crippen LogP contribution is -2.50. The number of carboxylic acid groups (broad SMARTS) is 1. The number of fused-ring (bicyclic) bond motifs is 1. The number of imidazole rings is 1. The molecule has 0 unspecified atom stereocenters. The van der Waals surface area contributed by atoms with Gasteiger partial charge in [0.1, 0.15) is 30.1 Å². The monoisotopic (exact) mass is 685 g/mol. The van der Waals surface area contributed by atoms with Gasteiger partial charge >= 0.3 is 12.1 Å². The average molecular weight is 686 g/mol. The van der Waals surface area contributed by atoms with E-state index < -0.39 is 23.6 Å². The molecule has 0 aliphatic heterocycles. The van der Waals surface area contributed by atoms with Gasteiger partial charge in [-0.3, -0.25) is 9.20 Å². The number of rotatable bonds is 18. The summed E-state index contributed by atoms with van der Waals surface area (Å²) in [6.07, 6.45) is 6.28. The van der Waals surface area contributed by atoms with Crippen LogP contribution in [-0.2, 0) is 23.7 Å². The molecule has 1 fully saturated rings. The molecule has 268 valence electrons. The Kier molecular flexibility index (Phi) is 13.4. The van der Waals surface area contributed by atoms with Crippen LogP contribution in [0.1, 0.15) is 62.4 Å². The van der Waals surface area contributed by atoms with Crippen molar-refractivity contribution < 1.29 is 43.2 Å². The van der Waals surface area contributed by atoms with E-state index in [0.717, 1.165) is 31.2 Å². The number of alkyl carbamates (subject to hydrolysis) is 1. The number of hydrogen-bond acceptors (Lipinski definition) is 12. The Morgan fingerprint density at radius 1 is 0.980 bits per heavy atom. The maximum absolute atomic E-state index is 12.7. The second-order valence-corrected chi connectivity index (χ2v) is 12.6. The molecule has 16 nitrogen and oxygen atoms in total. The number of nitrogens with one attached hydrogen (secondary N) is 3. The predicted molar refractivity (Wildman–Crippen MR) is 181 cm³/mol. The third-order valence-corrected chi connectivity index (χ3v) is 7.36. The number of nitrogens with zero attached hydrogens (tertiary/aromatic N) is 3. The molecular weight excluding hydrogens is 638 g/mol. The topological polar surface area (TPSA) is 210 Å². The maximum atomic E-state index is 12.7. The van der Waals surface area contributed by atoms with Crippen LogP contribution in [0.5, 0.6) is 5.75 Å². The smallest absolute Gasteiger partial charge is 0.407 e. The van der Waals surface area contributed by atoms with Gasteiger partial charge in [-0.1, -0.05) is 12.8 Å². The summed E-state index contributed by atoms with van der Waals surface area (Å²) in [6.45, 7) is 8.77. The number of carbonyl (C=O) groups excluding carboxylic acids is 2. The highest BCUT2D eigenvalue weighted by Gasteiger charge is 2.30. The molecule has 49 heavy (non-hydrogen) atoms. The number of anilines is 3. The van der Waals surface area contributed by atoms with Gasteiger partial charge in [0.25, 0.3) is 5.91 Å². The molecule has 4 rings (SSSR count). The van der Waals surface area contributed by atoms with Crippen molar-refractivity contribution in [1.82, 2.24) is 19.7 Å². The van der Waals surface area contributed by atoms with Gasteiger partial charge in [-0.25, -0.2) is 14.6 Å². The lowest BCUT2D eigenvalue weighted by atomic mass is 9.90. The number of primary amides is 1. The van der Waals surface area contributed by atoms with Crippen molar-refractivity contribution in [3.63, 3.8) is 0 Å². The predicted octanol–water partition coefficient (Wildman–Crippen LogP) is 3.64. The number of amides is 2. The second kappa shape index (κ2) is 17.6. The van der Waals surface area contributed by atoms with Crippen LogP contribution in [-0.4, -0.2) is 101 Å². The molecule has 2 atom stereocenters. The maximum Gasteiger partial charge on any atom is 0.407 e. The van der Waals surface area contributed by atoms with Crippen molar-refractivity contribution in [2.75, 3.05) is 56.9 Å². The first-order chi connectivity index (χ1) is 23.4. The number of aliphatic carboxylic acids is 1. The van der Waals surface area contributed by atoms with Crippen LogP contribution >= 0.6 is 0 Å². The number of ether oxygens (including phenoxy) is 5. The first kappa shape index (κ1) is 37.2. The SMILES string of the molecule is Cc1cc(Nc2nc(N[C@H]3CCCC[C@H]3NC(=O)OC(C)(C)C)n3ccnc3c2C(N)=O)cc(OCCOCCOCCOCC(=O)O)c1. The van der Waals surface area contributed by atoms with Crippen LogP contribution in [0.4, 0.5) is 22.2 Å². The first-order valence-electron chi connectivity index (χ1n) is 16.3. The summed E-state index contributed by atoms with van der Waals surface area (Å²) < 4.78 is 28.9. The Labute approximate surface area is 285 Å². The number of aromatic nitrogens is 3. The molecule has 1 aliphatic carbocycles. The lowest BCUT2D eigenvalue weighted by molar-refractivity contribution is -0.142. The molecule has 16 heteroatoms. The van der Waals surface area contributed by atoms with Crippen molar-refractivity contribution in [3.8, 4) is 5.75 Å². The minimum Gasteiger partial charge on any atom is -0.491 e. The normalized spacial score (nSPS) is 16.2. The molecule has 0 spiro atoms. The molecular formula is C33H47N7O9. The van der Waals surface area contributed by atoms with Crippen LogP contribution in [0.25, 0.3) is 5.65 Å². The average Bonchev–Trinajstić information content (AvgIpc) is 3.49. The van der Waals surface area contributed by atoms with E-state index in [1.165, 1.54) is 0 Å². The molecule has 2 amide bonds. The highest BCUT2D eigenvalue weighted by atomic mass is 16.6. The van der Waals surface area contributed by atoms with Crippen molar-refractivity contribution in [1.29, 1.82) is 0 Å². The summed E-state index contributed by atoms with van der Waals surface area (Å²) in [6, 6.07) is 5.19. The summed E-state index contributed by atoms with van der Waals surface area (Å²) in [5.41, 5.74) is 7.20. The fourth-order valence-electron chi connectivity index (χ4n) is 5.36. The van der Waals surface area contributed by atoms with Crippen molar-refractivity contribution >= 4 is 41.1 Å². The molecule has 0 radical (unpaired) electrons. The Bertz CT molecular complexity index is 1570. The molecule has 0 bridgehead atoms. The van der Waals surface area contributed by atoms with Crippen molar-refractivity contribution in [2.24, 2.45) is 5.73 Å². The highest BCUT2D eigenvalue weighted by Crippen LogP contribution is 2.30. The minimum atomic E-state index is -1.02. The van der Waals surface area contributed by atoms with E-state index >= 15 is 0 Å². The quantitative estimate of drug-likeness (QED) is 0.121. The Hall–Kier alpha value is -4.67. The van der Waals surface area contributed by atoms with E-state index in [1.54, 1.807) is 22.9 Å². The zero-order valence-electron chi connectivity index (χ0n) is 28.5. The molecule has 1 saturated carbocycles. The summed E-state index contributed by atoms with van der Waals surface area (Å²) in [5.74, 6) is -0.491. The lowest BCUT2D eigenvalue weighted by Gasteiger charge is -2.34. The summed E-state index contributed by atoms with van der Waals surface area (Å²) >= 11 is 0. The van der Waals surface area contributed by atoms with Gasteiger partial charge in [-0.2, -0.15) is 4.98 Å². The minimum absolute atomic E-state index is 0.121. The fraction of sp³-hybridized carbons (Fsp3) is 0.545. The summed E-state index contributed by atoms with van der Waals surface area (Å²) in [5, 5.41) is 18.3. The van der Waals surface area contributed by atoms with E-state index in [4.69, 9.17) is 39.5 Å². The third kappa shape index (κ3) is 11.8. The van der Waals surface area contributed by atoms with Crippen LogP contribution < -0.4 is 26.4 Å². The van der Waals surface area contributed by atoms with Gasteiger partial charge in [0.2, 0.25) is 5.95 Å². The van der Waals surface area contributed by atoms with Crippen LogP contribution in [0.2, 0.25) is 0 Å². The number of hydrogen-bond donors (Lipinski definition) is 5. The second-order valence-electron chi connectivity index (χ2n) is 12.6.